The molecular weight excluding hydrogens is 222 g/mol. The molecule has 96 valence electrons. The quantitative estimate of drug-likeness (QED) is 0.860. The van der Waals surface area contributed by atoms with Crippen LogP contribution >= 0.6 is 0 Å². The highest BCUT2D eigenvalue weighted by atomic mass is 19.1. The van der Waals surface area contributed by atoms with Crippen molar-refractivity contribution in [1.82, 2.24) is 0 Å². The minimum atomic E-state index is -0.553. The summed E-state index contributed by atoms with van der Waals surface area (Å²) in [5, 5.41) is 0. The Morgan fingerprint density at radius 1 is 1.29 bits per heavy atom. The molecule has 0 bridgehead atoms. The first-order valence-electron chi connectivity index (χ1n) is 5.75. The van der Waals surface area contributed by atoms with Gasteiger partial charge in [-0.15, -0.1) is 0 Å². The molecule has 0 radical (unpaired) electrons. The molecule has 1 aromatic rings. The number of anilines is 1. The molecule has 0 aromatic heterocycles. The van der Waals surface area contributed by atoms with Crippen LogP contribution in [0.25, 0.3) is 0 Å². The monoisotopic (exact) mass is 242 g/mol. The van der Waals surface area contributed by atoms with E-state index >= 15 is 0 Å². The lowest BCUT2D eigenvalue weighted by molar-refractivity contribution is 0.459. The largest absolute Gasteiger partial charge is 0.372 e. The number of hydrogen-bond donors (Lipinski definition) is 1. The Kier molecular flexibility index (Phi) is 4.46. The van der Waals surface area contributed by atoms with Crippen molar-refractivity contribution in [2.75, 3.05) is 18.5 Å². The second kappa shape index (κ2) is 5.45. The van der Waals surface area contributed by atoms with E-state index in [1.54, 1.807) is 11.9 Å². The summed E-state index contributed by atoms with van der Waals surface area (Å²) < 4.78 is 26.2. The minimum Gasteiger partial charge on any atom is -0.372 e. The summed E-state index contributed by atoms with van der Waals surface area (Å²) in [5.74, 6) is -1.08. The summed E-state index contributed by atoms with van der Waals surface area (Å²) in [7, 11) is 1.79. The summed E-state index contributed by atoms with van der Waals surface area (Å²) in [4.78, 5) is 1.78. The van der Waals surface area contributed by atoms with Gasteiger partial charge in [0.05, 0.1) is 5.69 Å². The fourth-order valence-electron chi connectivity index (χ4n) is 1.68. The Balaban J connectivity index is 2.55. The first-order valence-corrected chi connectivity index (χ1v) is 5.75. The Morgan fingerprint density at radius 2 is 1.94 bits per heavy atom. The molecule has 0 amide bonds. The summed E-state index contributed by atoms with van der Waals surface area (Å²) in [6.45, 7) is 4.63. The normalized spacial score (nSPS) is 11.6. The van der Waals surface area contributed by atoms with Crippen molar-refractivity contribution in [2.24, 2.45) is 5.73 Å². The van der Waals surface area contributed by atoms with Crippen molar-refractivity contribution in [2.45, 2.75) is 32.2 Å². The number of nitrogens with zero attached hydrogens (tertiary/aromatic N) is 1. The molecule has 1 aromatic carbocycles. The van der Waals surface area contributed by atoms with Gasteiger partial charge in [-0.25, -0.2) is 8.78 Å². The minimum absolute atomic E-state index is 0.206. The Morgan fingerprint density at radius 3 is 2.47 bits per heavy atom. The third-order valence-corrected chi connectivity index (χ3v) is 2.64. The van der Waals surface area contributed by atoms with Crippen LogP contribution in [0.1, 0.15) is 26.7 Å². The zero-order valence-electron chi connectivity index (χ0n) is 10.6. The number of halogens is 2. The van der Waals surface area contributed by atoms with Crippen LogP contribution in [-0.4, -0.2) is 19.1 Å². The molecule has 0 spiro atoms. The number of nitrogens with two attached hydrogens (primary N) is 1. The van der Waals surface area contributed by atoms with E-state index in [0.717, 1.165) is 18.9 Å². The van der Waals surface area contributed by atoms with Crippen LogP contribution in [-0.2, 0) is 0 Å². The van der Waals surface area contributed by atoms with Crippen molar-refractivity contribution < 1.29 is 8.78 Å². The first kappa shape index (κ1) is 13.9. The van der Waals surface area contributed by atoms with E-state index < -0.39 is 11.6 Å². The topological polar surface area (TPSA) is 29.3 Å². The predicted octanol–water partition coefficient (Wildman–Crippen LogP) is 2.92. The zero-order chi connectivity index (χ0) is 13.1. The molecule has 2 N–H and O–H groups in total. The van der Waals surface area contributed by atoms with Crippen molar-refractivity contribution in [3.8, 4) is 0 Å². The molecule has 0 fully saturated rings. The summed E-state index contributed by atoms with van der Waals surface area (Å²) >= 11 is 0. The summed E-state index contributed by atoms with van der Waals surface area (Å²) in [5.41, 5.74) is 6.08. The van der Waals surface area contributed by atoms with E-state index in [0.29, 0.717) is 12.2 Å². The van der Waals surface area contributed by atoms with E-state index in [-0.39, 0.29) is 5.54 Å². The second-order valence-electron chi connectivity index (χ2n) is 5.11. The van der Waals surface area contributed by atoms with Gasteiger partial charge in [0, 0.05) is 25.2 Å². The molecule has 0 heterocycles. The van der Waals surface area contributed by atoms with E-state index in [1.165, 1.54) is 12.1 Å². The van der Waals surface area contributed by atoms with E-state index in [1.807, 2.05) is 13.8 Å². The molecule has 0 atom stereocenters. The Hall–Kier alpha value is -1.16. The molecule has 0 aliphatic rings. The SMILES string of the molecule is CN(CCCC(C)(C)N)c1ccc(F)cc1F. The molecule has 0 aliphatic heterocycles. The molecule has 1 rings (SSSR count). The number of rotatable bonds is 5. The molecule has 4 heteroatoms. The summed E-state index contributed by atoms with van der Waals surface area (Å²) in [6, 6.07) is 3.62. The molecule has 0 unspecified atom stereocenters. The predicted molar refractivity (Wildman–Crippen MR) is 67.1 cm³/mol. The summed E-state index contributed by atoms with van der Waals surface area (Å²) in [6.07, 6.45) is 1.73. The maximum absolute atomic E-state index is 13.5. The van der Waals surface area contributed by atoms with Gasteiger partial charge in [0.15, 0.2) is 0 Å². The van der Waals surface area contributed by atoms with Gasteiger partial charge >= 0.3 is 0 Å². The third kappa shape index (κ3) is 4.69. The van der Waals surface area contributed by atoms with Crippen molar-refractivity contribution in [3.05, 3.63) is 29.8 Å². The molecule has 0 aliphatic carbocycles. The molecule has 0 saturated carbocycles. The van der Waals surface area contributed by atoms with Gasteiger partial charge in [-0.2, -0.15) is 0 Å². The number of hydrogen-bond acceptors (Lipinski definition) is 2. The van der Waals surface area contributed by atoms with Crippen LogP contribution < -0.4 is 10.6 Å². The fraction of sp³-hybridized carbons (Fsp3) is 0.538. The molecule has 2 nitrogen and oxygen atoms in total. The van der Waals surface area contributed by atoms with E-state index in [2.05, 4.69) is 0 Å². The molecular formula is C13H20F2N2. The lowest BCUT2D eigenvalue weighted by atomic mass is 10.00. The van der Waals surface area contributed by atoms with Crippen molar-refractivity contribution in [1.29, 1.82) is 0 Å². The van der Waals surface area contributed by atoms with E-state index in [9.17, 15) is 8.78 Å². The average molecular weight is 242 g/mol. The lowest BCUT2D eigenvalue weighted by Crippen LogP contribution is -2.33. The smallest absolute Gasteiger partial charge is 0.149 e. The number of benzene rings is 1. The van der Waals surface area contributed by atoms with E-state index in [4.69, 9.17) is 5.73 Å². The highest BCUT2D eigenvalue weighted by molar-refractivity contribution is 5.46. The zero-order valence-corrected chi connectivity index (χ0v) is 10.6. The van der Waals surface area contributed by atoms with Crippen LogP contribution in [0.15, 0.2) is 18.2 Å². The first-order chi connectivity index (χ1) is 7.79. The van der Waals surface area contributed by atoms with Gasteiger partial charge in [0.1, 0.15) is 11.6 Å². The van der Waals surface area contributed by atoms with Gasteiger partial charge < -0.3 is 10.6 Å². The Labute approximate surface area is 101 Å². The average Bonchev–Trinajstić information content (AvgIpc) is 2.15. The van der Waals surface area contributed by atoms with Gasteiger partial charge in [0.25, 0.3) is 0 Å². The van der Waals surface area contributed by atoms with Crippen LogP contribution in [0.5, 0.6) is 0 Å². The van der Waals surface area contributed by atoms with Gasteiger partial charge in [-0.3, -0.25) is 0 Å². The fourth-order valence-corrected chi connectivity index (χ4v) is 1.68. The van der Waals surface area contributed by atoms with Crippen molar-refractivity contribution in [3.63, 3.8) is 0 Å². The highest BCUT2D eigenvalue weighted by Crippen LogP contribution is 2.19. The van der Waals surface area contributed by atoms with Crippen LogP contribution in [0, 0.1) is 11.6 Å². The van der Waals surface area contributed by atoms with Gasteiger partial charge in [-0.1, -0.05) is 0 Å². The maximum atomic E-state index is 13.5. The van der Waals surface area contributed by atoms with Crippen LogP contribution in [0.2, 0.25) is 0 Å². The maximum Gasteiger partial charge on any atom is 0.149 e. The van der Waals surface area contributed by atoms with Crippen LogP contribution in [0.3, 0.4) is 0 Å². The van der Waals surface area contributed by atoms with Gasteiger partial charge in [0.2, 0.25) is 0 Å². The lowest BCUT2D eigenvalue weighted by Gasteiger charge is -2.23. The van der Waals surface area contributed by atoms with Crippen molar-refractivity contribution >= 4 is 5.69 Å². The second-order valence-corrected chi connectivity index (χ2v) is 5.11. The van der Waals surface area contributed by atoms with Gasteiger partial charge in [-0.05, 0) is 38.8 Å². The standard InChI is InChI=1S/C13H20F2N2/c1-13(2,16)7-4-8-17(3)12-6-5-10(14)9-11(12)15/h5-6,9H,4,7-8,16H2,1-3H3. The highest BCUT2D eigenvalue weighted by Gasteiger charge is 2.12. The third-order valence-electron chi connectivity index (χ3n) is 2.64. The molecule has 17 heavy (non-hydrogen) atoms. The Bertz CT molecular complexity index is 372. The van der Waals surface area contributed by atoms with Crippen LogP contribution in [0.4, 0.5) is 14.5 Å². The molecule has 0 saturated heterocycles.